The van der Waals surface area contributed by atoms with Gasteiger partial charge in [0.25, 0.3) is 5.91 Å². The number of hydrogen-bond acceptors (Lipinski definition) is 4. The van der Waals surface area contributed by atoms with E-state index in [1.54, 1.807) is 42.0 Å². The smallest absolute Gasteiger partial charge is 0.254 e. The van der Waals surface area contributed by atoms with Crippen LogP contribution >= 0.6 is 11.6 Å². The number of carbonyl (C=O) groups is 2. The first-order valence-corrected chi connectivity index (χ1v) is 8.02. The fraction of sp³-hybridized carbons (Fsp3) is 0.500. The third kappa shape index (κ3) is 3.95. The van der Waals surface area contributed by atoms with Gasteiger partial charge in [0.05, 0.1) is 11.6 Å². The summed E-state index contributed by atoms with van der Waals surface area (Å²) in [4.78, 5) is 27.8. The molecular formula is C16H22ClN3O3. The highest BCUT2D eigenvalue weighted by atomic mass is 35.5. The van der Waals surface area contributed by atoms with Gasteiger partial charge < -0.3 is 20.3 Å². The predicted molar refractivity (Wildman–Crippen MR) is 88.8 cm³/mol. The lowest BCUT2D eigenvalue weighted by molar-refractivity contribution is -0.137. The van der Waals surface area contributed by atoms with Gasteiger partial charge >= 0.3 is 0 Å². The Morgan fingerprint density at radius 1 is 1.43 bits per heavy atom. The van der Waals surface area contributed by atoms with Crippen molar-refractivity contribution >= 4 is 23.4 Å². The summed E-state index contributed by atoms with van der Waals surface area (Å²) in [7, 11) is 1.74. The summed E-state index contributed by atoms with van der Waals surface area (Å²) in [6.07, 6.45) is 0.734. The van der Waals surface area contributed by atoms with Gasteiger partial charge in [-0.3, -0.25) is 9.59 Å². The summed E-state index contributed by atoms with van der Waals surface area (Å²) in [5.41, 5.74) is 5.87. The molecule has 1 fully saturated rings. The molecule has 0 spiro atoms. The molecule has 1 aliphatic rings. The maximum absolute atomic E-state index is 12.6. The van der Waals surface area contributed by atoms with Crippen molar-refractivity contribution < 1.29 is 14.3 Å². The second kappa shape index (κ2) is 7.66. The van der Waals surface area contributed by atoms with E-state index in [-0.39, 0.29) is 11.8 Å². The minimum Gasteiger partial charge on any atom is -0.492 e. The maximum Gasteiger partial charge on any atom is 0.254 e. The van der Waals surface area contributed by atoms with E-state index in [1.807, 2.05) is 0 Å². The van der Waals surface area contributed by atoms with Gasteiger partial charge in [-0.15, -0.1) is 0 Å². The molecule has 126 valence electrons. The van der Waals surface area contributed by atoms with Crippen molar-refractivity contribution in [1.29, 1.82) is 0 Å². The van der Waals surface area contributed by atoms with Gasteiger partial charge in [0, 0.05) is 25.7 Å². The van der Waals surface area contributed by atoms with Crippen LogP contribution in [0.15, 0.2) is 18.2 Å². The van der Waals surface area contributed by atoms with Gasteiger partial charge in [-0.2, -0.15) is 0 Å². The second-order valence-corrected chi connectivity index (χ2v) is 5.98. The molecule has 0 aliphatic carbocycles. The Morgan fingerprint density at radius 3 is 2.83 bits per heavy atom. The Labute approximate surface area is 141 Å². The highest BCUT2D eigenvalue weighted by molar-refractivity contribution is 6.32. The zero-order chi connectivity index (χ0) is 17.0. The van der Waals surface area contributed by atoms with E-state index < -0.39 is 6.04 Å². The number of piperazine rings is 1. The molecule has 1 saturated heterocycles. The number of carbonyl (C=O) groups excluding carboxylic acids is 2. The molecule has 1 atom stereocenters. The molecule has 1 aromatic carbocycles. The van der Waals surface area contributed by atoms with Crippen molar-refractivity contribution in [2.75, 3.05) is 33.3 Å². The van der Waals surface area contributed by atoms with Crippen LogP contribution < -0.4 is 10.5 Å². The van der Waals surface area contributed by atoms with Crippen LogP contribution in [0.4, 0.5) is 0 Å². The molecule has 0 bridgehead atoms. The van der Waals surface area contributed by atoms with Crippen molar-refractivity contribution in [1.82, 2.24) is 9.80 Å². The lowest BCUT2D eigenvalue weighted by Gasteiger charge is -2.37. The molecule has 6 nitrogen and oxygen atoms in total. The molecule has 1 aromatic rings. The zero-order valence-electron chi connectivity index (χ0n) is 13.4. The normalized spacial score (nSPS) is 18.3. The molecule has 0 radical (unpaired) electrons. The number of likely N-dealkylation sites (N-methyl/N-ethyl adjacent to an activating group) is 1. The van der Waals surface area contributed by atoms with Gasteiger partial charge in [-0.1, -0.05) is 11.6 Å². The Bertz CT molecular complexity index is 594. The standard InChI is InChI=1S/C16H22ClN3O3/c1-11-15(21)19(2)7-8-20(11)16(22)12-4-5-14(13(17)10-12)23-9-3-6-18/h4-5,10-11H,3,6-9,18H2,1-2H3. The number of benzene rings is 1. The lowest BCUT2D eigenvalue weighted by atomic mass is 10.1. The van der Waals surface area contributed by atoms with Crippen molar-refractivity contribution in [2.45, 2.75) is 19.4 Å². The molecule has 2 amide bonds. The summed E-state index contributed by atoms with van der Waals surface area (Å²) in [6, 6.07) is 4.45. The Morgan fingerprint density at radius 2 is 2.17 bits per heavy atom. The average molecular weight is 340 g/mol. The van der Waals surface area contributed by atoms with Crippen LogP contribution in [-0.4, -0.2) is 60.9 Å². The third-order valence-electron chi connectivity index (χ3n) is 3.92. The van der Waals surface area contributed by atoms with E-state index in [0.717, 1.165) is 6.42 Å². The number of hydrogen-bond donors (Lipinski definition) is 1. The monoisotopic (exact) mass is 339 g/mol. The summed E-state index contributed by atoms with van der Waals surface area (Å²) >= 11 is 6.18. The minimum absolute atomic E-state index is 0.0579. The number of amides is 2. The van der Waals surface area contributed by atoms with E-state index in [1.165, 1.54) is 0 Å². The van der Waals surface area contributed by atoms with Gasteiger partial charge in [-0.05, 0) is 38.1 Å². The Balaban J connectivity index is 2.10. The first-order valence-electron chi connectivity index (χ1n) is 7.64. The first-order chi connectivity index (χ1) is 11.0. The zero-order valence-corrected chi connectivity index (χ0v) is 14.2. The first kappa shape index (κ1) is 17.6. The van der Waals surface area contributed by atoms with Crippen molar-refractivity contribution in [2.24, 2.45) is 5.73 Å². The van der Waals surface area contributed by atoms with E-state index >= 15 is 0 Å². The molecule has 1 aliphatic heterocycles. The van der Waals surface area contributed by atoms with Crippen LogP contribution in [0.3, 0.4) is 0 Å². The molecule has 2 rings (SSSR count). The van der Waals surface area contributed by atoms with Gasteiger partial charge in [-0.25, -0.2) is 0 Å². The van der Waals surface area contributed by atoms with Gasteiger partial charge in [0.2, 0.25) is 5.91 Å². The van der Waals surface area contributed by atoms with Gasteiger partial charge in [0.15, 0.2) is 0 Å². The SMILES string of the molecule is CC1C(=O)N(C)CCN1C(=O)c1ccc(OCCCN)c(Cl)c1. The lowest BCUT2D eigenvalue weighted by Crippen LogP contribution is -2.56. The van der Waals surface area contributed by atoms with Crippen LogP contribution in [-0.2, 0) is 4.79 Å². The summed E-state index contributed by atoms with van der Waals surface area (Å²) in [5.74, 6) is 0.269. The van der Waals surface area contributed by atoms with Crippen molar-refractivity contribution in [3.63, 3.8) is 0 Å². The Kier molecular flexibility index (Phi) is 5.85. The molecule has 1 unspecified atom stereocenters. The number of rotatable bonds is 5. The highest BCUT2D eigenvalue weighted by Crippen LogP contribution is 2.27. The van der Waals surface area contributed by atoms with Gasteiger partial charge in [0.1, 0.15) is 11.8 Å². The van der Waals surface area contributed by atoms with E-state index in [9.17, 15) is 9.59 Å². The van der Waals surface area contributed by atoms with E-state index in [4.69, 9.17) is 22.1 Å². The van der Waals surface area contributed by atoms with Crippen LogP contribution in [0, 0.1) is 0 Å². The molecule has 0 saturated carbocycles. The van der Waals surface area contributed by atoms with Crippen LogP contribution in [0.25, 0.3) is 0 Å². The second-order valence-electron chi connectivity index (χ2n) is 5.57. The average Bonchev–Trinajstić information content (AvgIpc) is 2.54. The number of halogens is 1. The topological polar surface area (TPSA) is 75.9 Å². The van der Waals surface area contributed by atoms with Crippen LogP contribution in [0.2, 0.25) is 5.02 Å². The summed E-state index contributed by atoms with van der Waals surface area (Å²) < 4.78 is 5.51. The van der Waals surface area contributed by atoms with Crippen LogP contribution in [0.1, 0.15) is 23.7 Å². The van der Waals surface area contributed by atoms with Crippen molar-refractivity contribution in [3.8, 4) is 5.75 Å². The molecule has 1 heterocycles. The number of ether oxygens (including phenoxy) is 1. The third-order valence-corrected chi connectivity index (χ3v) is 4.22. The molecular weight excluding hydrogens is 318 g/mol. The maximum atomic E-state index is 12.6. The summed E-state index contributed by atoms with van der Waals surface area (Å²) in [5, 5.41) is 0.376. The summed E-state index contributed by atoms with van der Waals surface area (Å²) in [6.45, 7) is 3.80. The highest BCUT2D eigenvalue weighted by Gasteiger charge is 2.33. The molecule has 23 heavy (non-hydrogen) atoms. The molecule has 0 aromatic heterocycles. The number of nitrogens with zero attached hydrogens (tertiary/aromatic N) is 2. The van der Waals surface area contributed by atoms with E-state index in [2.05, 4.69) is 0 Å². The predicted octanol–water partition coefficient (Wildman–Crippen LogP) is 1.37. The van der Waals surface area contributed by atoms with Crippen molar-refractivity contribution in [3.05, 3.63) is 28.8 Å². The largest absolute Gasteiger partial charge is 0.492 e. The minimum atomic E-state index is -0.472. The molecule has 7 heteroatoms. The fourth-order valence-electron chi connectivity index (χ4n) is 2.47. The Hall–Kier alpha value is -1.79. The quantitative estimate of drug-likeness (QED) is 0.822. The van der Waals surface area contributed by atoms with Crippen LogP contribution in [0.5, 0.6) is 5.75 Å². The van der Waals surface area contributed by atoms with E-state index in [0.29, 0.717) is 42.6 Å². The number of nitrogens with two attached hydrogens (primary N) is 1. The fourth-order valence-corrected chi connectivity index (χ4v) is 2.71. The molecule has 2 N–H and O–H groups in total.